The molecule has 0 unspecified atom stereocenters. The van der Waals surface area contributed by atoms with Gasteiger partial charge in [-0.1, -0.05) is 90.4 Å². The smallest absolute Gasteiger partial charge is 0.161 e. The molecule has 1 rings (SSSR count). The van der Waals surface area contributed by atoms with Gasteiger partial charge in [0.05, 0.1) is 14.2 Å². The fraction of sp³-hybridized carbons (Fsp3) is 0.720. The van der Waals surface area contributed by atoms with Crippen molar-refractivity contribution in [3.8, 4) is 11.5 Å². The number of hydrogen-bond acceptors (Lipinski definition) is 3. The van der Waals surface area contributed by atoms with Crippen LogP contribution in [0.15, 0.2) is 23.2 Å². The van der Waals surface area contributed by atoms with Crippen LogP contribution in [0.3, 0.4) is 0 Å². The van der Waals surface area contributed by atoms with E-state index in [1.54, 1.807) is 14.2 Å². The monoisotopic (exact) mass is 389 g/mol. The standard InChI is InChI=1S/C25H43NO2/c1-4-5-6-7-8-9-10-11-12-13-14-15-16-17-20-26-22-23-18-19-24(27-2)25(21-23)28-3/h18-19,21-22H,4-17,20H2,1-3H3. The predicted molar refractivity (Wildman–Crippen MR) is 122 cm³/mol. The van der Waals surface area contributed by atoms with E-state index in [1.165, 1.54) is 89.9 Å². The Morgan fingerprint density at radius 1 is 0.679 bits per heavy atom. The fourth-order valence-electron chi connectivity index (χ4n) is 3.50. The number of benzene rings is 1. The van der Waals surface area contributed by atoms with E-state index in [4.69, 9.17) is 9.47 Å². The van der Waals surface area contributed by atoms with Crippen molar-refractivity contribution in [1.82, 2.24) is 0 Å². The minimum absolute atomic E-state index is 0.753. The maximum Gasteiger partial charge on any atom is 0.161 e. The number of rotatable bonds is 18. The molecule has 0 aliphatic heterocycles. The van der Waals surface area contributed by atoms with Crippen molar-refractivity contribution >= 4 is 6.21 Å². The van der Waals surface area contributed by atoms with Crippen LogP contribution in [0, 0.1) is 0 Å². The summed E-state index contributed by atoms with van der Waals surface area (Å²) >= 11 is 0. The Morgan fingerprint density at radius 3 is 1.68 bits per heavy atom. The van der Waals surface area contributed by atoms with E-state index in [9.17, 15) is 0 Å². The molecule has 0 aliphatic carbocycles. The van der Waals surface area contributed by atoms with Crippen molar-refractivity contribution in [2.75, 3.05) is 20.8 Å². The first-order valence-corrected chi connectivity index (χ1v) is 11.5. The highest BCUT2D eigenvalue weighted by atomic mass is 16.5. The number of methoxy groups -OCH3 is 2. The van der Waals surface area contributed by atoms with Crippen LogP contribution in [0.5, 0.6) is 11.5 Å². The third-order valence-corrected chi connectivity index (χ3v) is 5.29. The number of nitrogens with zero attached hydrogens (tertiary/aromatic N) is 1. The molecule has 0 saturated carbocycles. The summed E-state index contributed by atoms with van der Waals surface area (Å²) < 4.78 is 10.6. The van der Waals surface area contributed by atoms with Crippen molar-refractivity contribution < 1.29 is 9.47 Å². The molecule has 0 radical (unpaired) electrons. The lowest BCUT2D eigenvalue weighted by molar-refractivity contribution is 0.355. The van der Waals surface area contributed by atoms with Gasteiger partial charge in [-0.3, -0.25) is 4.99 Å². The zero-order valence-electron chi connectivity index (χ0n) is 18.7. The first-order valence-electron chi connectivity index (χ1n) is 11.5. The maximum absolute atomic E-state index is 5.32. The summed E-state index contributed by atoms with van der Waals surface area (Å²) in [6.45, 7) is 3.19. The minimum atomic E-state index is 0.753. The fourth-order valence-corrected chi connectivity index (χ4v) is 3.50. The average molecular weight is 390 g/mol. The highest BCUT2D eigenvalue weighted by molar-refractivity contribution is 5.80. The molecule has 0 N–H and O–H groups in total. The van der Waals surface area contributed by atoms with E-state index in [0.717, 1.165) is 23.6 Å². The Kier molecular flexibility index (Phi) is 15.4. The average Bonchev–Trinajstić information content (AvgIpc) is 2.73. The normalized spacial score (nSPS) is 11.2. The Balaban J connectivity index is 1.93. The Hall–Kier alpha value is -1.51. The van der Waals surface area contributed by atoms with Crippen LogP contribution in [0.2, 0.25) is 0 Å². The van der Waals surface area contributed by atoms with Crippen molar-refractivity contribution in [3.05, 3.63) is 23.8 Å². The summed E-state index contributed by atoms with van der Waals surface area (Å²) in [5, 5.41) is 0. The van der Waals surface area contributed by atoms with Gasteiger partial charge in [-0.05, 0) is 30.2 Å². The number of aliphatic imine (C=N–C) groups is 1. The quantitative estimate of drug-likeness (QED) is 0.191. The first kappa shape index (κ1) is 24.5. The van der Waals surface area contributed by atoms with Crippen LogP contribution in [-0.2, 0) is 0 Å². The van der Waals surface area contributed by atoms with Crippen molar-refractivity contribution in [3.63, 3.8) is 0 Å². The molecule has 0 saturated heterocycles. The predicted octanol–water partition coefficient (Wildman–Crippen LogP) is 7.60. The Bertz CT molecular complexity index is 513. The SMILES string of the molecule is CCCCCCCCCCCCCCCCN=Cc1ccc(OC)c(OC)c1. The molecule has 3 heteroatoms. The molecule has 0 fully saturated rings. The molecule has 3 nitrogen and oxygen atoms in total. The molecule has 160 valence electrons. The zero-order chi connectivity index (χ0) is 20.3. The molecule has 0 bridgehead atoms. The topological polar surface area (TPSA) is 30.8 Å². The van der Waals surface area contributed by atoms with Gasteiger partial charge in [0.15, 0.2) is 11.5 Å². The molecule has 1 aromatic rings. The third kappa shape index (κ3) is 12.0. The molecule has 0 aliphatic rings. The lowest BCUT2D eigenvalue weighted by Gasteiger charge is -2.07. The van der Waals surface area contributed by atoms with Gasteiger partial charge in [-0.2, -0.15) is 0 Å². The van der Waals surface area contributed by atoms with Crippen molar-refractivity contribution in [2.24, 2.45) is 4.99 Å². The summed E-state index contributed by atoms with van der Waals surface area (Å²) in [4.78, 5) is 4.55. The van der Waals surface area contributed by atoms with E-state index < -0.39 is 0 Å². The summed E-state index contributed by atoms with van der Waals surface area (Å²) in [7, 11) is 3.31. The van der Waals surface area contributed by atoms with Crippen molar-refractivity contribution in [2.45, 2.75) is 96.8 Å². The van der Waals surface area contributed by atoms with E-state index in [-0.39, 0.29) is 0 Å². The van der Waals surface area contributed by atoms with Gasteiger partial charge in [0.2, 0.25) is 0 Å². The number of ether oxygens (including phenoxy) is 2. The number of unbranched alkanes of at least 4 members (excludes halogenated alkanes) is 13. The molecule has 0 heterocycles. The summed E-state index contributed by atoms with van der Waals surface area (Å²) in [5.41, 5.74) is 1.06. The van der Waals surface area contributed by atoms with E-state index >= 15 is 0 Å². The second-order valence-corrected chi connectivity index (χ2v) is 7.75. The lowest BCUT2D eigenvalue weighted by Crippen LogP contribution is -1.92. The van der Waals surface area contributed by atoms with Crippen molar-refractivity contribution in [1.29, 1.82) is 0 Å². The minimum Gasteiger partial charge on any atom is -0.493 e. The van der Waals surface area contributed by atoms with E-state index in [2.05, 4.69) is 11.9 Å². The number of hydrogen-bond donors (Lipinski definition) is 0. The van der Waals surface area contributed by atoms with Gasteiger partial charge in [0.1, 0.15) is 0 Å². The van der Waals surface area contributed by atoms with Gasteiger partial charge < -0.3 is 9.47 Å². The van der Waals surface area contributed by atoms with Crippen LogP contribution < -0.4 is 9.47 Å². The van der Waals surface area contributed by atoms with Gasteiger partial charge in [0, 0.05) is 12.8 Å². The largest absolute Gasteiger partial charge is 0.493 e. The van der Waals surface area contributed by atoms with Gasteiger partial charge >= 0.3 is 0 Å². The van der Waals surface area contributed by atoms with Crippen LogP contribution in [-0.4, -0.2) is 27.0 Å². The molecular formula is C25H43NO2. The third-order valence-electron chi connectivity index (χ3n) is 5.29. The molecule has 0 atom stereocenters. The highest BCUT2D eigenvalue weighted by Crippen LogP contribution is 2.26. The molecule has 1 aromatic carbocycles. The van der Waals surface area contributed by atoms with Crippen LogP contribution >= 0.6 is 0 Å². The van der Waals surface area contributed by atoms with E-state index in [1.807, 2.05) is 24.4 Å². The molecular weight excluding hydrogens is 346 g/mol. The summed E-state index contributed by atoms with van der Waals surface area (Å²) in [5.74, 6) is 1.51. The van der Waals surface area contributed by atoms with E-state index in [0.29, 0.717) is 0 Å². The molecule has 0 amide bonds. The maximum atomic E-state index is 5.32. The molecule has 0 spiro atoms. The zero-order valence-corrected chi connectivity index (χ0v) is 18.7. The van der Waals surface area contributed by atoms with Crippen LogP contribution in [0.25, 0.3) is 0 Å². The van der Waals surface area contributed by atoms with Gasteiger partial charge in [-0.25, -0.2) is 0 Å². The Morgan fingerprint density at radius 2 is 1.18 bits per heavy atom. The van der Waals surface area contributed by atoms with Gasteiger partial charge in [0.25, 0.3) is 0 Å². The van der Waals surface area contributed by atoms with Crippen LogP contribution in [0.4, 0.5) is 0 Å². The molecule has 0 aromatic heterocycles. The highest BCUT2D eigenvalue weighted by Gasteiger charge is 2.02. The second kappa shape index (κ2) is 17.6. The lowest BCUT2D eigenvalue weighted by atomic mass is 10.0. The Labute approximate surface area is 173 Å². The second-order valence-electron chi connectivity index (χ2n) is 7.75. The first-order chi connectivity index (χ1) is 13.8. The van der Waals surface area contributed by atoms with Crippen LogP contribution in [0.1, 0.15) is 102 Å². The van der Waals surface area contributed by atoms with Gasteiger partial charge in [-0.15, -0.1) is 0 Å². The summed E-state index contributed by atoms with van der Waals surface area (Å²) in [6.07, 6.45) is 21.4. The summed E-state index contributed by atoms with van der Waals surface area (Å²) in [6, 6.07) is 5.90. The molecule has 28 heavy (non-hydrogen) atoms.